The Kier molecular flexibility index (Phi) is 5.55. The van der Waals surface area contributed by atoms with Crippen molar-refractivity contribution in [1.82, 2.24) is 25.3 Å². The number of hydrogen-bond donors (Lipinski definition) is 2. The number of benzene rings is 2. The second-order valence-electron chi connectivity index (χ2n) is 8.69. The molecule has 0 saturated carbocycles. The number of hydrogen-bond acceptors (Lipinski definition) is 7. The molecule has 0 bridgehead atoms. The van der Waals surface area contributed by atoms with Gasteiger partial charge in [-0.15, -0.1) is 5.10 Å². The number of nitriles is 1. The van der Waals surface area contributed by atoms with E-state index in [9.17, 15) is 9.18 Å². The second-order valence-corrected chi connectivity index (χ2v) is 8.69. The van der Waals surface area contributed by atoms with E-state index in [4.69, 9.17) is 15.4 Å². The van der Waals surface area contributed by atoms with Gasteiger partial charge >= 0.3 is 6.01 Å². The summed E-state index contributed by atoms with van der Waals surface area (Å²) in [6.45, 7) is 5.85. The largest absolute Gasteiger partial charge is 0.406 e. The van der Waals surface area contributed by atoms with E-state index >= 15 is 0 Å². The van der Waals surface area contributed by atoms with E-state index in [1.165, 1.54) is 6.07 Å². The molecule has 0 aliphatic heterocycles. The second kappa shape index (κ2) is 8.35. The lowest BCUT2D eigenvalue weighted by molar-refractivity contribution is 0.0882. The summed E-state index contributed by atoms with van der Waals surface area (Å²) in [4.78, 5) is 13.3. The van der Waals surface area contributed by atoms with Gasteiger partial charge in [0.25, 0.3) is 5.91 Å². The lowest BCUT2D eigenvalue weighted by Crippen LogP contribution is -2.37. The van der Waals surface area contributed by atoms with E-state index in [0.717, 1.165) is 0 Å². The summed E-state index contributed by atoms with van der Waals surface area (Å²) in [5.74, 6) is -0.764. The zero-order valence-electron chi connectivity index (χ0n) is 18.3. The first-order valence-corrected chi connectivity index (χ1v) is 10.2. The SMILES string of the molecule is CC(C)(C)[C@H](NC(=O)c1nn(Cc2ccc(C#N)cc2F)c2ccccc12)c1nnc(N)o1. The average Bonchev–Trinajstić information content (AvgIpc) is 3.36. The molecule has 3 N–H and O–H groups in total. The molecular weight excluding hydrogens is 425 g/mol. The number of nitrogen functional groups attached to an aromatic ring is 1. The van der Waals surface area contributed by atoms with Crippen LogP contribution in [-0.2, 0) is 6.54 Å². The van der Waals surface area contributed by atoms with Crippen LogP contribution in [0.4, 0.5) is 10.4 Å². The summed E-state index contributed by atoms with van der Waals surface area (Å²) in [6.07, 6.45) is 0. The minimum atomic E-state index is -0.616. The highest BCUT2D eigenvalue weighted by Crippen LogP contribution is 2.33. The van der Waals surface area contributed by atoms with Gasteiger partial charge in [0.1, 0.15) is 11.9 Å². The predicted molar refractivity (Wildman–Crippen MR) is 118 cm³/mol. The molecule has 33 heavy (non-hydrogen) atoms. The molecule has 1 atom stereocenters. The summed E-state index contributed by atoms with van der Waals surface area (Å²) in [6, 6.07) is 12.7. The van der Waals surface area contributed by atoms with Crippen LogP contribution in [0.2, 0.25) is 0 Å². The maximum Gasteiger partial charge on any atom is 0.312 e. The standard InChI is InChI=1S/C23H22FN7O2/c1-23(2,3)19(21-28-29-22(26)33-21)27-20(32)18-15-6-4-5-7-17(15)31(30-18)12-14-9-8-13(11-25)10-16(14)24/h4-10,19H,12H2,1-3H3,(H2,26,29)(H,27,32)/t19-/m1/s1. The summed E-state index contributed by atoms with van der Waals surface area (Å²) in [5.41, 5.74) is 6.54. The van der Waals surface area contributed by atoms with E-state index in [1.807, 2.05) is 32.9 Å². The van der Waals surface area contributed by atoms with Gasteiger partial charge in [-0.2, -0.15) is 10.4 Å². The van der Waals surface area contributed by atoms with E-state index in [-0.39, 0.29) is 29.7 Å². The van der Waals surface area contributed by atoms with Crippen LogP contribution in [0.15, 0.2) is 46.9 Å². The van der Waals surface area contributed by atoms with Crippen LogP contribution in [0.5, 0.6) is 0 Å². The molecule has 0 aliphatic rings. The minimum absolute atomic E-state index is 0.0901. The number of carbonyl (C=O) groups excluding carboxylic acids is 1. The van der Waals surface area contributed by atoms with Crippen LogP contribution >= 0.6 is 0 Å². The van der Waals surface area contributed by atoms with Crippen molar-refractivity contribution in [3.05, 3.63) is 71.0 Å². The molecule has 168 valence electrons. The Bertz CT molecular complexity index is 1380. The van der Waals surface area contributed by atoms with Crippen molar-refractivity contribution in [1.29, 1.82) is 5.26 Å². The number of nitrogens with zero attached hydrogens (tertiary/aromatic N) is 5. The number of halogens is 1. The number of anilines is 1. The van der Waals surface area contributed by atoms with Crippen molar-refractivity contribution in [3.8, 4) is 6.07 Å². The van der Waals surface area contributed by atoms with E-state index in [2.05, 4.69) is 20.6 Å². The number of para-hydroxylation sites is 1. The smallest absolute Gasteiger partial charge is 0.312 e. The molecule has 9 nitrogen and oxygen atoms in total. The topological polar surface area (TPSA) is 136 Å². The van der Waals surface area contributed by atoms with Gasteiger partial charge in [0, 0.05) is 10.9 Å². The lowest BCUT2D eigenvalue weighted by Gasteiger charge is -2.28. The van der Waals surface area contributed by atoms with Crippen LogP contribution in [0.3, 0.4) is 0 Å². The van der Waals surface area contributed by atoms with Crippen molar-refractivity contribution in [3.63, 3.8) is 0 Å². The third-order valence-corrected chi connectivity index (χ3v) is 5.22. The van der Waals surface area contributed by atoms with Gasteiger partial charge in [-0.3, -0.25) is 9.48 Å². The highest BCUT2D eigenvalue weighted by molar-refractivity contribution is 6.05. The van der Waals surface area contributed by atoms with E-state index in [0.29, 0.717) is 16.5 Å². The van der Waals surface area contributed by atoms with Crippen molar-refractivity contribution in [2.75, 3.05) is 5.73 Å². The van der Waals surface area contributed by atoms with Crippen LogP contribution < -0.4 is 11.1 Å². The van der Waals surface area contributed by atoms with Gasteiger partial charge in [-0.1, -0.05) is 50.1 Å². The zero-order valence-corrected chi connectivity index (χ0v) is 18.3. The molecule has 2 heterocycles. The number of nitrogens with one attached hydrogen (secondary N) is 1. The molecule has 0 radical (unpaired) electrons. The Hall–Kier alpha value is -4.26. The maximum atomic E-state index is 14.5. The van der Waals surface area contributed by atoms with Gasteiger partial charge < -0.3 is 15.5 Å². The van der Waals surface area contributed by atoms with Gasteiger partial charge in [-0.05, 0) is 23.6 Å². The molecule has 0 saturated heterocycles. The quantitative estimate of drug-likeness (QED) is 0.477. The monoisotopic (exact) mass is 447 g/mol. The third-order valence-electron chi connectivity index (χ3n) is 5.22. The molecule has 0 unspecified atom stereocenters. The van der Waals surface area contributed by atoms with Gasteiger partial charge in [0.05, 0.1) is 23.7 Å². The number of carbonyl (C=O) groups is 1. The molecule has 0 spiro atoms. The summed E-state index contributed by atoms with van der Waals surface area (Å²) < 4.78 is 21.4. The fourth-order valence-corrected chi connectivity index (χ4v) is 3.53. The molecule has 0 fully saturated rings. The van der Waals surface area contributed by atoms with Gasteiger partial charge in [-0.25, -0.2) is 4.39 Å². The highest BCUT2D eigenvalue weighted by atomic mass is 19.1. The molecule has 2 aromatic heterocycles. The average molecular weight is 447 g/mol. The third kappa shape index (κ3) is 4.39. The molecule has 0 aliphatic carbocycles. The first kappa shape index (κ1) is 22.0. The number of rotatable bonds is 5. The number of aromatic nitrogens is 4. The highest BCUT2D eigenvalue weighted by Gasteiger charge is 2.34. The van der Waals surface area contributed by atoms with Crippen molar-refractivity contribution in [2.24, 2.45) is 5.41 Å². The first-order chi connectivity index (χ1) is 15.7. The zero-order chi connectivity index (χ0) is 23.8. The normalized spacial score (nSPS) is 12.5. The molecule has 2 aromatic carbocycles. The van der Waals surface area contributed by atoms with Gasteiger partial charge in [0.15, 0.2) is 5.69 Å². The minimum Gasteiger partial charge on any atom is -0.406 e. The Balaban J connectivity index is 1.70. The maximum absolute atomic E-state index is 14.5. The van der Waals surface area contributed by atoms with Crippen molar-refractivity contribution >= 4 is 22.8 Å². The van der Waals surface area contributed by atoms with Crippen molar-refractivity contribution < 1.29 is 13.6 Å². The Morgan fingerprint density at radius 2 is 2.03 bits per heavy atom. The first-order valence-electron chi connectivity index (χ1n) is 10.2. The Morgan fingerprint density at radius 1 is 1.27 bits per heavy atom. The van der Waals surface area contributed by atoms with Crippen LogP contribution in [0, 0.1) is 22.6 Å². The Labute approximate surface area is 189 Å². The fraction of sp³-hybridized carbons (Fsp3) is 0.261. The Morgan fingerprint density at radius 3 is 2.67 bits per heavy atom. The molecule has 1 amide bonds. The lowest BCUT2D eigenvalue weighted by atomic mass is 9.86. The molecule has 4 rings (SSSR count). The van der Waals surface area contributed by atoms with E-state index in [1.54, 1.807) is 35.0 Å². The summed E-state index contributed by atoms with van der Waals surface area (Å²) >= 11 is 0. The van der Waals surface area contributed by atoms with Crippen LogP contribution in [0.25, 0.3) is 10.9 Å². The molecule has 4 aromatic rings. The van der Waals surface area contributed by atoms with Gasteiger partial charge in [0.2, 0.25) is 5.89 Å². The molecule has 10 heteroatoms. The molecular formula is C23H22FN7O2. The van der Waals surface area contributed by atoms with Crippen LogP contribution in [0.1, 0.15) is 54.3 Å². The number of nitrogens with two attached hydrogens (primary N) is 1. The van der Waals surface area contributed by atoms with E-state index < -0.39 is 23.2 Å². The number of amides is 1. The summed E-state index contributed by atoms with van der Waals surface area (Å²) in [7, 11) is 0. The fourth-order valence-electron chi connectivity index (χ4n) is 3.53. The van der Waals surface area contributed by atoms with Crippen molar-refractivity contribution in [2.45, 2.75) is 33.4 Å². The predicted octanol–water partition coefficient (Wildman–Crippen LogP) is 3.58. The summed E-state index contributed by atoms with van der Waals surface area (Å²) in [5, 5.41) is 24.6. The number of fused-ring (bicyclic) bond motifs is 1. The van der Waals surface area contributed by atoms with Crippen LogP contribution in [-0.4, -0.2) is 25.9 Å².